The first-order valence-electron chi connectivity index (χ1n) is 6.57. The van der Waals surface area contributed by atoms with E-state index in [4.69, 9.17) is 0 Å². The van der Waals surface area contributed by atoms with E-state index in [1.54, 1.807) is 0 Å². The average Bonchev–Trinajstić information content (AvgIpc) is 2.81. The Labute approximate surface area is 112 Å². The number of hydrogen-bond donors (Lipinski definition) is 0. The van der Waals surface area contributed by atoms with Gasteiger partial charge in [-0.15, -0.1) is 0 Å². The summed E-state index contributed by atoms with van der Waals surface area (Å²) in [5.74, 6) is 0. The van der Waals surface area contributed by atoms with Gasteiger partial charge in [-0.25, -0.2) is 0 Å². The predicted molar refractivity (Wildman–Crippen MR) is 78.1 cm³/mol. The Morgan fingerprint density at radius 3 is 2.68 bits per heavy atom. The number of anilines is 1. The zero-order valence-electron chi connectivity index (χ0n) is 10.6. The molecule has 0 atom stereocenters. The SMILES string of the molecule is c1ccc(CN2Cc3cccc4cccc2c34)nc1. The van der Waals surface area contributed by atoms with Crippen molar-refractivity contribution >= 4 is 16.5 Å². The summed E-state index contributed by atoms with van der Waals surface area (Å²) in [7, 11) is 0. The molecule has 1 aromatic heterocycles. The molecule has 0 radical (unpaired) electrons. The largest absolute Gasteiger partial charge is 0.361 e. The van der Waals surface area contributed by atoms with E-state index in [2.05, 4.69) is 52.3 Å². The van der Waals surface area contributed by atoms with Crippen molar-refractivity contribution in [3.05, 3.63) is 72.1 Å². The maximum absolute atomic E-state index is 4.43. The summed E-state index contributed by atoms with van der Waals surface area (Å²) in [6.07, 6.45) is 1.86. The van der Waals surface area contributed by atoms with Gasteiger partial charge in [0.05, 0.1) is 12.2 Å². The maximum atomic E-state index is 4.43. The minimum atomic E-state index is 0.870. The standard InChI is InChI=1S/C17H14N2/c1-2-10-18-15(8-1)12-19-11-14-7-3-5-13-6-4-9-16(19)17(13)14/h1-10H,11-12H2. The van der Waals surface area contributed by atoms with Gasteiger partial charge in [0.15, 0.2) is 0 Å². The molecule has 2 nitrogen and oxygen atoms in total. The van der Waals surface area contributed by atoms with Crippen LogP contribution in [0.4, 0.5) is 5.69 Å². The monoisotopic (exact) mass is 246 g/mol. The number of rotatable bonds is 2. The van der Waals surface area contributed by atoms with Crippen LogP contribution in [-0.4, -0.2) is 4.98 Å². The van der Waals surface area contributed by atoms with Gasteiger partial charge in [-0.1, -0.05) is 36.4 Å². The lowest BCUT2D eigenvalue weighted by molar-refractivity contribution is 0.805. The third kappa shape index (κ3) is 1.68. The Balaban J connectivity index is 1.77. The fourth-order valence-corrected chi connectivity index (χ4v) is 2.91. The normalized spacial score (nSPS) is 13.2. The fourth-order valence-electron chi connectivity index (χ4n) is 2.91. The van der Waals surface area contributed by atoms with Crippen molar-refractivity contribution in [3.8, 4) is 0 Å². The second kappa shape index (κ2) is 4.09. The van der Waals surface area contributed by atoms with E-state index in [0.717, 1.165) is 18.8 Å². The van der Waals surface area contributed by atoms with E-state index in [-0.39, 0.29) is 0 Å². The van der Waals surface area contributed by atoms with Crippen molar-refractivity contribution in [2.24, 2.45) is 0 Å². The summed E-state index contributed by atoms with van der Waals surface area (Å²) in [6, 6.07) is 19.2. The van der Waals surface area contributed by atoms with Crippen LogP contribution >= 0.6 is 0 Å². The highest BCUT2D eigenvalue weighted by Gasteiger charge is 2.20. The first-order valence-corrected chi connectivity index (χ1v) is 6.57. The van der Waals surface area contributed by atoms with Crippen molar-refractivity contribution in [2.45, 2.75) is 13.1 Å². The van der Waals surface area contributed by atoms with Crippen LogP contribution in [-0.2, 0) is 13.1 Å². The molecule has 1 aliphatic rings. The lowest BCUT2D eigenvalue weighted by Gasteiger charge is -2.19. The van der Waals surface area contributed by atoms with Crippen LogP contribution < -0.4 is 4.90 Å². The first kappa shape index (κ1) is 10.6. The smallest absolute Gasteiger partial charge is 0.0606 e. The highest BCUT2D eigenvalue weighted by atomic mass is 15.1. The second-order valence-electron chi connectivity index (χ2n) is 4.97. The number of nitrogens with zero attached hydrogens (tertiary/aromatic N) is 2. The molecular weight excluding hydrogens is 232 g/mol. The topological polar surface area (TPSA) is 16.1 Å². The van der Waals surface area contributed by atoms with E-state index < -0.39 is 0 Å². The second-order valence-corrected chi connectivity index (χ2v) is 4.97. The highest BCUT2D eigenvalue weighted by Crippen LogP contribution is 2.37. The quantitative estimate of drug-likeness (QED) is 0.684. The lowest BCUT2D eigenvalue weighted by Crippen LogP contribution is -2.18. The maximum Gasteiger partial charge on any atom is 0.0606 e. The number of pyridine rings is 1. The summed E-state index contributed by atoms with van der Waals surface area (Å²) in [6.45, 7) is 1.85. The molecule has 3 aromatic rings. The van der Waals surface area contributed by atoms with Gasteiger partial charge >= 0.3 is 0 Å². The van der Waals surface area contributed by atoms with E-state index >= 15 is 0 Å². The third-order valence-electron chi connectivity index (χ3n) is 3.75. The molecule has 0 saturated carbocycles. The molecule has 0 bridgehead atoms. The molecule has 0 spiro atoms. The van der Waals surface area contributed by atoms with Crippen molar-refractivity contribution < 1.29 is 0 Å². The van der Waals surface area contributed by atoms with Crippen LogP contribution in [0.1, 0.15) is 11.3 Å². The molecule has 19 heavy (non-hydrogen) atoms. The third-order valence-corrected chi connectivity index (χ3v) is 3.75. The summed E-state index contributed by atoms with van der Waals surface area (Å²) < 4.78 is 0. The summed E-state index contributed by atoms with van der Waals surface area (Å²) in [5.41, 5.74) is 3.87. The Morgan fingerprint density at radius 2 is 1.84 bits per heavy atom. The van der Waals surface area contributed by atoms with Crippen LogP contribution in [0.3, 0.4) is 0 Å². The molecule has 1 aliphatic heterocycles. The summed E-state index contributed by atoms with van der Waals surface area (Å²) in [4.78, 5) is 6.83. The van der Waals surface area contributed by atoms with E-state index in [1.165, 1.54) is 22.0 Å². The molecule has 0 saturated heterocycles. The van der Waals surface area contributed by atoms with Gasteiger partial charge < -0.3 is 4.90 Å². The lowest BCUT2D eigenvalue weighted by atomic mass is 10.1. The van der Waals surface area contributed by atoms with Crippen LogP contribution in [0, 0.1) is 0 Å². The minimum Gasteiger partial charge on any atom is -0.361 e. The van der Waals surface area contributed by atoms with Crippen LogP contribution in [0.2, 0.25) is 0 Å². The van der Waals surface area contributed by atoms with Crippen molar-refractivity contribution in [1.82, 2.24) is 4.98 Å². The van der Waals surface area contributed by atoms with Crippen molar-refractivity contribution in [3.63, 3.8) is 0 Å². The zero-order valence-corrected chi connectivity index (χ0v) is 10.6. The van der Waals surface area contributed by atoms with Gasteiger partial charge in [0.1, 0.15) is 0 Å². The molecule has 0 amide bonds. The molecule has 92 valence electrons. The van der Waals surface area contributed by atoms with Gasteiger partial charge in [-0.2, -0.15) is 0 Å². The minimum absolute atomic E-state index is 0.870. The van der Waals surface area contributed by atoms with E-state index in [0.29, 0.717) is 0 Å². The molecule has 0 unspecified atom stereocenters. The Bertz CT molecular complexity index is 729. The number of aromatic nitrogens is 1. The van der Waals surface area contributed by atoms with Crippen LogP contribution in [0.15, 0.2) is 60.8 Å². The first-order chi connectivity index (χ1) is 9.42. The van der Waals surface area contributed by atoms with Gasteiger partial charge in [0.25, 0.3) is 0 Å². The molecular formula is C17H14N2. The van der Waals surface area contributed by atoms with E-state index in [1.807, 2.05) is 18.3 Å². The molecule has 0 N–H and O–H groups in total. The molecule has 2 heteroatoms. The fraction of sp³-hybridized carbons (Fsp3) is 0.118. The summed E-state index contributed by atoms with van der Waals surface area (Å²) in [5, 5.41) is 2.74. The van der Waals surface area contributed by atoms with Gasteiger partial charge in [-0.3, -0.25) is 4.98 Å². The predicted octanol–water partition coefficient (Wildman–Crippen LogP) is 3.76. The molecule has 2 heterocycles. The summed E-state index contributed by atoms with van der Waals surface area (Å²) >= 11 is 0. The highest BCUT2D eigenvalue weighted by molar-refractivity contribution is 5.99. The average molecular weight is 246 g/mol. The Hall–Kier alpha value is -2.35. The number of benzene rings is 2. The molecule has 0 fully saturated rings. The van der Waals surface area contributed by atoms with Crippen molar-refractivity contribution in [2.75, 3.05) is 4.90 Å². The van der Waals surface area contributed by atoms with Gasteiger partial charge in [0.2, 0.25) is 0 Å². The molecule has 4 rings (SSSR count). The van der Waals surface area contributed by atoms with Gasteiger partial charge in [0, 0.05) is 23.8 Å². The van der Waals surface area contributed by atoms with Crippen molar-refractivity contribution in [1.29, 1.82) is 0 Å². The Kier molecular flexibility index (Phi) is 2.27. The zero-order chi connectivity index (χ0) is 12.7. The van der Waals surface area contributed by atoms with Crippen LogP contribution in [0.25, 0.3) is 10.8 Å². The van der Waals surface area contributed by atoms with Crippen LogP contribution in [0.5, 0.6) is 0 Å². The molecule has 2 aromatic carbocycles. The Morgan fingerprint density at radius 1 is 0.947 bits per heavy atom. The number of hydrogen-bond acceptors (Lipinski definition) is 2. The van der Waals surface area contributed by atoms with Gasteiger partial charge in [-0.05, 0) is 29.1 Å². The van der Waals surface area contributed by atoms with E-state index in [9.17, 15) is 0 Å². The molecule has 0 aliphatic carbocycles.